The van der Waals surface area contributed by atoms with Crippen molar-refractivity contribution in [1.82, 2.24) is 0 Å². The number of benzene rings is 4. The third-order valence-corrected chi connectivity index (χ3v) is 7.99. The van der Waals surface area contributed by atoms with E-state index < -0.39 is 10.1 Å². The van der Waals surface area contributed by atoms with E-state index in [0.717, 1.165) is 29.6 Å². The summed E-state index contributed by atoms with van der Waals surface area (Å²) >= 11 is 0. The van der Waals surface area contributed by atoms with Gasteiger partial charge in [-0.05, 0) is 55.5 Å². The number of fused-ring (bicyclic) bond motifs is 2. The molecule has 0 aliphatic rings. The molecule has 5 aromatic rings. The molecule has 5 nitrogen and oxygen atoms in total. The summed E-state index contributed by atoms with van der Waals surface area (Å²) in [5, 5.41) is 2.44. The monoisotopic (exact) mass is 555 g/mol. The number of aromatic nitrogens is 1. The fourth-order valence-corrected chi connectivity index (χ4v) is 5.31. The van der Waals surface area contributed by atoms with Crippen molar-refractivity contribution in [2.75, 3.05) is 6.61 Å². The zero-order chi connectivity index (χ0) is 28.5. The van der Waals surface area contributed by atoms with Crippen LogP contribution < -0.4 is 9.57 Å². The number of unbranched alkanes of at least 4 members (excludes halogenated alkanes) is 1. The van der Waals surface area contributed by atoms with Gasteiger partial charge in [0, 0.05) is 22.4 Å². The van der Waals surface area contributed by atoms with Crippen LogP contribution in [-0.2, 0) is 10.1 Å². The fraction of sp³-hybridized carbons (Fsp3) is 0.265. The molecule has 0 saturated heterocycles. The molecule has 0 radical (unpaired) electrons. The van der Waals surface area contributed by atoms with Gasteiger partial charge in [-0.3, -0.25) is 4.84 Å². The van der Waals surface area contributed by atoms with Crippen LogP contribution in [-0.4, -0.2) is 19.6 Å². The molecule has 0 aliphatic carbocycles. The van der Waals surface area contributed by atoms with Crippen molar-refractivity contribution in [3.05, 3.63) is 109 Å². The van der Waals surface area contributed by atoms with Crippen LogP contribution in [0.2, 0.25) is 0 Å². The Morgan fingerprint density at radius 3 is 1.85 bits per heavy atom. The average Bonchev–Trinajstić information content (AvgIpc) is 2.97. The topological polar surface area (TPSA) is 70.3 Å². The van der Waals surface area contributed by atoms with Gasteiger partial charge in [0.2, 0.25) is 0 Å². The standard InChI is InChI=1S/C27H30NO.C7H8O3S/c1-3-5-13-21(4-2)20-29-28-25-18-11-9-16-23(25)27(22-14-7-6-8-15-22)24-17-10-12-19-26(24)28;1-6-2-4-7(5-3-6)11(8,9)10/h6-12,14-19,21H,3-5,13,20H2,1-2H3;2-5H,1H3,(H,8,9,10)/q+1;/p-1. The van der Waals surface area contributed by atoms with Crippen LogP contribution in [0.25, 0.3) is 32.9 Å². The second-order valence-corrected chi connectivity index (χ2v) is 11.4. The van der Waals surface area contributed by atoms with Gasteiger partial charge in [0.1, 0.15) is 10.1 Å². The quantitative estimate of drug-likeness (QED) is 0.107. The highest BCUT2D eigenvalue weighted by Gasteiger charge is 2.23. The van der Waals surface area contributed by atoms with Crippen molar-refractivity contribution >= 4 is 31.9 Å². The Hall–Kier alpha value is -3.74. The summed E-state index contributed by atoms with van der Waals surface area (Å²) in [6.07, 6.45) is 4.88. The van der Waals surface area contributed by atoms with Gasteiger partial charge >= 0.3 is 0 Å². The largest absolute Gasteiger partial charge is 0.744 e. The van der Waals surface area contributed by atoms with Crippen molar-refractivity contribution < 1.29 is 22.5 Å². The van der Waals surface area contributed by atoms with Gasteiger partial charge in [0.15, 0.2) is 6.61 Å². The van der Waals surface area contributed by atoms with E-state index in [1.807, 2.05) is 6.92 Å². The summed E-state index contributed by atoms with van der Waals surface area (Å²) in [5.74, 6) is 0.591. The third kappa shape index (κ3) is 7.06. The minimum absolute atomic E-state index is 0.178. The predicted molar refractivity (Wildman–Crippen MR) is 161 cm³/mol. The molecule has 0 amide bonds. The molecule has 4 aromatic carbocycles. The molecular formula is C34H37NO4S. The van der Waals surface area contributed by atoms with Crippen LogP contribution in [0.1, 0.15) is 45.1 Å². The number of aryl methyl sites for hydroxylation is 1. The highest BCUT2D eigenvalue weighted by Crippen LogP contribution is 2.33. The number of hydrogen-bond donors (Lipinski definition) is 0. The normalized spacial score (nSPS) is 12.1. The Morgan fingerprint density at radius 1 is 0.775 bits per heavy atom. The SMILES string of the molecule is CCCCC(CC)CO[n+]1c2ccccc2c(-c2ccccc2)c2ccccc21.Cc1ccc(S(=O)(=O)[O-])cc1. The van der Waals surface area contributed by atoms with Gasteiger partial charge in [-0.2, -0.15) is 0 Å². The first-order chi connectivity index (χ1) is 19.3. The van der Waals surface area contributed by atoms with Gasteiger partial charge in [-0.25, -0.2) is 8.42 Å². The summed E-state index contributed by atoms with van der Waals surface area (Å²) in [6, 6.07) is 33.6. The minimum atomic E-state index is -4.27. The molecule has 0 saturated carbocycles. The molecule has 6 heteroatoms. The average molecular weight is 556 g/mol. The Morgan fingerprint density at radius 2 is 1.32 bits per heavy atom. The predicted octanol–water partition coefficient (Wildman–Crippen LogP) is 7.49. The first-order valence-electron chi connectivity index (χ1n) is 13.9. The first-order valence-corrected chi connectivity index (χ1v) is 15.3. The number of para-hydroxylation sites is 2. The second kappa shape index (κ2) is 13.6. The van der Waals surface area contributed by atoms with Crippen molar-refractivity contribution in [3.8, 4) is 11.1 Å². The highest BCUT2D eigenvalue weighted by atomic mass is 32.2. The van der Waals surface area contributed by atoms with E-state index in [-0.39, 0.29) is 4.90 Å². The van der Waals surface area contributed by atoms with E-state index in [4.69, 9.17) is 4.84 Å². The molecule has 208 valence electrons. The van der Waals surface area contributed by atoms with Crippen LogP contribution in [0.4, 0.5) is 0 Å². The lowest BCUT2D eigenvalue weighted by atomic mass is 9.96. The van der Waals surface area contributed by atoms with Crippen LogP contribution in [0.15, 0.2) is 108 Å². The van der Waals surface area contributed by atoms with Gasteiger partial charge in [0.25, 0.3) is 11.0 Å². The summed E-state index contributed by atoms with van der Waals surface area (Å²) in [5.41, 5.74) is 5.68. The van der Waals surface area contributed by atoms with E-state index in [1.165, 1.54) is 53.3 Å². The van der Waals surface area contributed by atoms with Crippen molar-refractivity contribution in [1.29, 1.82) is 0 Å². The number of rotatable bonds is 9. The Labute approximate surface area is 237 Å². The van der Waals surface area contributed by atoms with E-state index in [2.05, 4.69) is 97.4 Å². The highest BCUT2D eigenvalue weighted by molar-refractivity contribution is 7.85. The summed E-state index contributed by atoms with van der Waals surface area (Å²) in [6.45, 7) is 7.09. The van der Waals surface area contributed by atoms with Crippen molar-refractivity contribution in [2.24, 2.45) is 5.92 Å². The number of hydrogen-bond acceptors (Lipinski definition) is 4. The molecule has 1 unspecified atom stereocenters. The van der Waals surface area contributed by atoms with Gasteiger partial charge in [-0.1, -0.05) is 99.0 Å². The molecule has 0 bridgehead atoms. The van der Waals surface area contributed by atoms with Crippen LogP contribution in [0, 0.1) is 12.8 Å². The van der Waals surface area contributed by atoms with Crippen molar-refractivity contribution in [2.45, 2.75) is 51.3 Å². The number of nitrogens with zero attached hydrogens (tertiary/aromatic N) is 1. The third-order valence-electron chi connectivity index (χ3n) is 7.14. The summed E-state index contributed by atoms with van der Waals surface area (Å²) in [7, 11) is -4.27. The number of pyridine rings is 1. The lowest BCUT2D eigenvalue weighted by Gasteiger charge is -2.14. The smallest absolute Gasteiger partial charge is 0.266 e. The van der Waals surface area contributed by atoms with E-state index >= 15 is 0 Å². The summed E-state index contributed by atoms with van der Waals surface area (Å²) in [4.78, 5) is 6.31. The molecule has 5 rings (SSSR count). The van der Waals surface area contributed by atoms with E-state index in [1.54, 1.807) is 12.1 Å². The maximum atomic E-state index is 10.4. The van der Waals surface area contributed by atoms with Crippen LogP contribution in [0.5, 0.6) is 0 Å². The Kier molecular flexibility index (Phi) is 9.91. The first kappa shape index (κ1) is 29.2. The van der Waals surface area contributed by atoms with Crippen LogP contribution >= 0.6 is 0 Å². The molecule has 0 spiro atoms. The lowest BCUT2D eigenvalue weighted by Crippen LogP contribution is -2.46. The minimum Gasteiger partial charge on any atom is -0.744 e. The van der Waals surface area contributed by atoms with Crippen molar-refractivity contribution in [3.63, 3.8) is 0 Å². The molecular weight excluding hydrogens is 518 g/mol. The molecule has 1 heterocycles. The van der Waals surface area contributed by atoms with Gasteiger partial charge in [-0.15, -0.1) is 0 Å². The molecule has 1 aromatic heterocycles. The Balaban J connectivity index is 0.000000283. The van der Waals surface area contributed by atoms with E-state index in [9.17, 15) is 13.0 Å². The van der Waals surface area contributed by atoms with Gasteiger partial charge in [0.05, 0.1) is 15.7 Å². The molecule has 0 aliphatic heterocycles. The van der Waals surface area contributed by atoms with E-state index in [0.29, 0.717) is 5.92 Å². The molecule has 0 N–H and O–H groups in total. The lowest BCUT2D eigenvalue weighted by molar-refractivity contribution is -0.852. The molecule has 0 fully saturated rings. The van der Waals surface area contributed by atoms with Gasteiger partial charge < -0.3 is 4.55 Å². The zero-order valence-electron chi connectivity index (χ0n) is 23.4. The van der Waals surface area contributed by atoms with Crippen LogP contribution in [0.3, 0.4) is 0 Å². The zero-order valence-corrected chi connectivity index (χ0v) is 24.2. The molecule has 1 atom stereocenters. The fourth-order valence-electron chi connectivity index (χ4n) is 4.84. The Bertz CT molecular complexity index is 1590. The summed E-state index contributed by atoms with van der Waals surface area (Å²) < 4.78 is 33.2. The second-order valence-electron chi connectivity index (χ2n) is 10.0. The maximum Gasteiger partial charge on any atom is 0.266 e. The maximum absolute atomic E-state index is 10.4. The molecule has 40 heavy (non-hydrogen) atoms.